The number of allylic oxidation sites excluding steroid dienone is 1. The highest BCUT2D eigenvalue weighted by Gasteiger charge is 2.84. The van der Waals surface area contributed by atoms with Gasteiger partial charge in [0.15, 0.2) is 5.72 Å². The monoisotopic (exact) mass is 401 g/mol. The highest BCUT2D eigenvalue weighted by Crippen LogP contribution is 2.78. The standard InChI is InChI=1S/C23H31NO5/c1-13-10-24-11-15-5-3-14-4-6-16-17(19(26)29-2)9-21(18(14)16)20(15,12-25)7-8-22(13,27)23(21,24)28/h7-8,13,15-17,25,27-28H,3-6,9-12H2,1-2H3/t13-,15-,16-,17-,20?,21-,22+,23+/m1/s1. The second-order valence-electron chi connectivity index (χ2n) is 10.5. The Kier molecular flexibility index (Phi) is 3.41. The van der Waals surface area contributed by atoms with Gasteiger partial charge in [0.05, 0.1) is 25.0 Å². The van der Waals surface area contributed by atoms with Gasteiger partial charge < -0.3 is 20.1 Å². The lowest BCUT2D eigenvalue weighted by atomic mass is 9.43. The molecule has 0 aromatic rings. The second kappa shape index (κ2) is 5.34. The van der Waals surface area contributed by atoms with Gasteiger partial charge >= 0.3 is 5.97 Å². The number of aliphatic hydroxyl groups excluding tert-OH is 1. The Morgan fingerprint density at radius 2 is 2.00 bits per heavy atom. The van der Waals surface area contributed by atoms with E-state index in [1.54, 1.807) is 6.08 Å². The van der Waals surface area contributed by atoms with Crippen molar-refractivity contribution in [3.05, 3.63) is 23.3 Å². The number of carbonyl (C=O) groups excluding carboxylic acids is 1. The van der Waals surface area contributed by atoms with Gasteiger partial charge in [-0.15, -0.1) is 0 Å². The fourth-order valence-electron chi connectivity index (χ4n) is 8.87. The summed E-state index contributed by atoms with van der Waals surface area (Å²) in [5, 5.41) is 35.4. The SMILES string of the molecule is COC(=O)[C@@H]1C[C@@]23C4=C(CC[C@@H]5CN6C[C@@H](C)[C@@](O)(C=CC52CO)[C@]63O)CC[C@@H]41. The molecule has 2 heterocycles. The van der Waals surface area contributed by atoms with E-state index < -0.39 is 22.2 Å². The summed E-state index contributed by atoms with van der Waals surface area (Å²) in [6.07, 6.45) is 8.03. The van der Waals surface area contributed by atoms with Crippen LogP contribution in [0.25, 0.3) is 0 Å². The molecule has 0 radical (unpaired) electrons. The molecule has 4 bridgehead atoms. The molecule has 0 amide bonds. The van der Waals surface area contributed by atoms with Crippen molar-refractivity contribution >= 4 is 5.97 Å². The van der Waals surface area contributed by atoms with E-state index in [1.807, 2.05) is 13.0 Å². The molecule has 29 heavy (non-hydrogen) atoms. The van der Waals surface area contributed by atoms with Crippen LogP contribution in [0.1, 0.15) is 39.0 Å². The Morgan fingerprint density at radius 1 is 1.24 bits per heavy atom. The number of esters is 1. The van der Waals surface area contributed by atoms with E-state index in [-0.39, 0.29) is 36.2 Å². The zero-order valence-electron chi connectivity index (χ0n) is 17.2. The smallest absolute Gasteiger partial charge is 0.309 e. The third-order valence-electron chi connectivity index (χ3n) is 10.00. The van der Waals surface area contributed by atoms with Crippen molar-refractivity contribution in [3.63, 3.8) is 0 Å². The Balaban J connectivity index is 1.71. The Morgan fingerprint density at radius 3 is 2.72 bits per heavy atom. The van der Waals surface area contributed by atoms with Gasteiger partial charge in [-0.3, -0.25) is 9.69 Å². The van der Waals surface area contributed by atoms with Crippen LogP contribution in [0.3, 0.4) is 0 Å². The van der Waals surface area contributed by atoms with Gasteiger partial charge in [0.1, 0.15) is 5.60 Å². The summed E-state index contributed by atoms with van der Waals surface area (Å²) in [6, 6.07) is 0. The highest BCUT2D eigenvalue weighted by atomic mass is 16.5. The molecule has 1 spiro atoms. The lowest BCUT2D eigenvalue weighted by Gasteiger charge is -2.68. The Bertz CT molecular complexity index is 867. The first-order valence-corrected chi connectivity index (χ1v) is 11.1. The molecule has 2 aliphatic heterocycles. The topological polar surface area (TPSA) is 90.2 Å². The molecule has 3 fully saturated rings. The molecule has 2 saturated heterocycles. The van der Waals surface area contributed by atoms with Crippen molar-refractivity contribution in [3.8, 4) is 0 Å². The minimum atomic E-state index is -1.51. The van der Waals surface area contributed by atoms with E-state index in [0.29, 0.717) is 19.5 Å². The lowest BCUT2D eigenvalue weighted by molar-refractivity contribution is -0.308. The van der Waals surface area contributed by atoms with E-state index >= 15 is 0 Å². The van der Waals surface area contributed by atoms with Crippen LogP contribution in [-0.4, -0.2) is 64.3 Å². The van der Waals surface area contributed by atoms with Crippen molar-refractivity contribution < 1.29 is 24.9 Å². The van der Waals surface area contributed by atoms with Crippen LogP contribution in [0.4, 0.5) is 0 Å². The van der Waals surface area contributed by atoms with Crippen LogP contribution in [0, 0.1) is 34.5 Å². The number of rotatable bonds is 2. The summed E-state index contributed by atoms with van der Waals surface area (Å²) >= 11 is 0. The third kappa shape index (κ3) is 1.62. The van der Waals surface area contributed by atoms with E-state index in [2.05, 4.69) is 4.90 Å². The van der Waals surface area contributed by atoms with Crippen molar-refractivity contribution in [2.75, 3.05) is 26.8 Å². The summed E-state index contributed by atoms with van der Waals surface area (Å²) < 4.78 is 5.19. The summed E-state index contributed by atoms with van der Waals surface area (Å²) in [4.78, 5) is 14.9. The number of hydrogen-bond donors (Lipinski definition) is 3. The summed E-state index contributed by atoms with van der Waals surface area (Å²) in [5.41, 5.74) is -1.88. The van der Waals surface area contributed by atoms with Gasteiger partial charge in [-0.2, -0.15) is 0 Å². The van der Waals surface area contributed by atoms with Crippen LogP contribution in [0.15, 0.2) is 23.3 Å². The van der Waals surface area contributed by atoms with E-state index in [4.69, 9.17) is 4.74 Å². The molecule has 158 valence electrons. The first kappa shape index (κ1) is 18.6. The maximum atomic E-state index is 12.8. The molecule has 6 nitrogen and oxygen atoms in total. The van der Waals surface area contributed by atoms with Crippen LogP contribution in [-0.2, 0) is 9.53 Å². The van der Waals surface area contributed by atoms with Gasteiger partial charge in [-0.25, -0.2) is 0 Å². The first-order valence-electron chi connectivity index (χ1n) is 11.1. The minimum Gasteiger partial charge on any atom is -0.469 e. The van der Waals surface area contributed by atoms with Crippen LogP contribution in [0.2, 0.25) is 0 Å². The molecule has 1 unspecified atom stereocenters. The molecule has 6 heteroatoms. The van der Waals surface area contributed by atoms with Crippen LogP contribution < -0.4 is 0 Å². The molecular weight excluding hydrogens is 370 g/mol. The average Bonchev–Trinajstić information content (AvgIpc) is 3.32. The maximum absolute atomic E-state index is 12.8. The zero-order valence-corrected chi connectivity index (χ0v) is 17.2. The molecule has 3 N–H and O–H groups in total. The lowest BCUT2D eigenvalue weighted by Crippen LogP contribution is -2.79. The maximum Gasteiger partial charge on any atom is 0.309 e. The second-order valence-corrected chi connectivity index (χ2v) is 10.5. The molecule has 0 aromatic heterocycles. The van der Waals surface area contributed by atoms with E-state index in [1.165, 1.54) is 18.3 Å². The van der Waals surface area contributed by atoms with Gasteiger partial charge in [-0.05, 0) is 43.9 Å². The number of carbonyl (C=O) groups is 1. The molecule has 4 aliphatic carbocycles. The quantitative estimate of drug-likeness (QED) is 0.476. The van der Waals surface area contributed by atoms with Crippen molar-refractivity contribution in [1.29, 1.82) is 0 Å². The normalized spacial score (nSPS) is 54.5. The van der Waals surface area contributed by atoms with E-state index in [9.17, 15) is 20.1 Å². The van der Waals surface area contributed by atoms with E-state index in [0.717, 1.165) is 25.7 Å². The molecule has 1 saturated carbocycles. The molecule has 6 aliphatic rings. The number of methoxy groups -OCH3 is 1. The summed E-state index contributed by atoms with van der Waals surface area (Å²) in [5.74, 6) is -0.460. The summed E-state index contributed by atoms with van der Waals surface area (Å²) in [7, 11) is 1.43. The summed E-state index contributed by atoms with van der Waals surface area (Å²) in [6.45, 7) is 3.21. The van der Waals surface area contributed by atoms with Gasteiger partial charge in [0.2, 0.25) is 0 Å². The Labute approximate surface area is 171 Å². The van der Waals surface area contributed by atoms with Crippen molar-refractivity contribution in [2.45, 2.75) is 50.4 Å². The number of nitrogens with zero attached hydrogens (tertiary/aromatic N) is 1. The molecule has 8 atom stereocenters. The molecule has 0 aromatic carbocycles. The first-order chi connectivity index (χ1) is 13.8. The predicted molar refractivity (Wildman–Crippen MR) is 104 cm³/mol. The number of piperidine rings is 1. The highest BCUT2D eigenvalue weighted by molar-refractivity contribution is 5.75. The Hall–Kier alpha value is -1.21. The average molecular weight is 402 g/mol. The predicted octanol–water partition coefficient (Wildman–Crippen LogP) is 1.22. The molecular formula is C23H31NO5. The number of hydrogen-bond acceptors (Lipinski definition) is 6. The fraction of sp³-hybridized carbons (Fsp3) is 0.783. The largest absolute Gasteiger partial charge is 0.469 e. The number of ether oxygens (including phenoxy) is 1. The van der Waals surface area contributed by atoms with Gasteiger partial charge in [0, 0.05) is 24.4 Å². The van der Waals surface area contributed by atoms with Crippen molar-refractivity contribution in [1.82, 2.24) is 4.90 Å². The number of aliphatic hydroxyl groups is 3. The van der Waals surface area contributed by atoms with Crippen LogP contribution in [0.5, 0.6) is 0 Å². The van der Waals surface area contributed by atoms with Crippen LogP contribution >= 0.6 is 0 Å². The molecule has 6 rings (SSSR count). The minimum absolute atomic E-state index is 0.0396. The van der Waals surface area contributed by atoms with Gasteiger partial charge in [0.25, 0.3) is 0 Å². The fourth-order valence-corrected chi connectivity index (χ4v) is 8.87. The third-order valence-corrected chi connectivity index (χ3v) is 10.00. The van der Waals surface area contributed by atoms with Gasteiger partial charge in [-0.1, -0.05) is 30.2 Å². The van der Waals surface area contributed by atoms with Crippen molar-refractivity contribution in [2.24, 2.45) is 34.5 Å². The zero-order chi connectivity index (χ0) is 20.4.